The van der Waals surface area contributed by atoms with E-state index in [-0.39, 0.29) is 0 Å². The standard InChI is InChI=1S/C16H14IN3O/c1-10-6-5-9-12(13(10)17)15-19-20-16(21-15)14(18)11-7-3-2-4-8-11/h2-9,14H,18H2,1H3. The van der Waals surface area contributed by atoms with Gasteiger partial charge >= 0.3 is 0 Å². The first-order chi connectivity index (χ1) is 10.2. The second-order valence-electron chi connectivity index (χ2n) is 4.77. The molecule has 0 saturated carbocycles. The molecular formula is C16H14IN3O. The average Bonchev–Trinajstić information content (AvgIpc) is 3.00. The summed E-state index contributed by atoms with van der Waals surface area (Å²) >= 11 is 2.29. The van der Waals surface area contributed by atoms with Crippen LogP contribution in [-0.2, 0) is 0 Å². The molecule has 2 aromatic carbocycles. The summed E-state index contributed by atoms with van der Waals surface area (Å²) in [5.74, 6) is 0.929. The van der Waals surface area contributed by atoms with Crippen LogP contribution in [-0.4, -0.2) is 10.2 Å². The fraction of sp³-hybridized carbons (Fsp3) is 0.125. The molecule has 3 rings (SSSR count). The number of benzene rings is 2. The van der Waals surface area contributed by atoms with Crippen molar-refractivity contribution in [1.82, 2.24) is 10.2 Å². The summed E-state index contributed by atoms with van der Waals surface area (Å²) in [6.45, 7) is 2.05. The number of rotatable bonds is 3. The minimum atomic E-state index is -0.407. The molecule has 0 saturated heterocycles. The van der Waals surface area contributed by atoms with Gasteiger partial charge in [-0.25, -0.2) is 0 Å². The number of hydrogen-bond acceptors (Lipinski definition) is 4. The van der Waals surface area contributed by atoms with Crippen molar-refractivity contribution in [2.75, 3.05) is 0 Å². The monoisotopic (exact) mass is 391 g/mol. The number of aryl methyl sites for hydroxylation is 1. The number of nitrogens with two attached hydrogens (primary N) is 1. The Hall–Kier alpha value is -1.73. The van der Waals surface area contributed by atoms with Gasteiger partial charge in [-0.3, -0.25) is 0 Å². The molecule has 0 radical (unpaired) electrons. The van der Waals surface area contributed by atoms with Gasteiger partial charge in [0, 0.05) is 3.57 Å². The SMILES string of the molecule is Cc1cccc(-c2nnc(C(N)c3ccccc3)o2)c1I. The van der Waals surface area contributed by atoms with Crippen LogP contribution in [0.15, 0.2) is 52.9 Å². The highest BCUT2D eigenvalue weighted by Crippen LogP contribution is 2.28. The van der Waals surface area contributed by atoms with Crippen molar-refractivity contribution in [1.29, 1.82) is 0 Å². The van der Waals surface area contributed by atoms with Crippen LogP contribution >= 0.6 is 22.6 Å². The van der Waals surface area contributed by atoms with Crippen LogP contribution in [0.25, 0.3) is 11.5 Å². The average molecular weight is 391 g/mol. The molecule has 21 heavy (non-hydrogen) atoms. The van der Waals surface area contributed by atoms with Gasteiger partial charge in [0.05, 0.1) is 5.56 Å². The molecule has 1 unspecified atom stereocenters. The molecule has 1 aromatic heterocycles. The van der Waals surface area contributed by atoms with Crippen molar-refractivity contribution < 1.29 is 4.42 Å². The van der Waals surface area contributed by atoms with Crippen molar-refractivity contribution in [3.8, 4) is 11.5 Å². The van der Waals surface area contributed by atoms with E-state index in [1.54, 1.807) is 0 Å². The van der Waals surface area contributed by atoms with Crippen LogP contribution in [0.5, 0.6) is 0 Å². The molecule has 106 valence electrons. The van der Waals surface area contributed by atoms with E-state index in [4.69, 9.17) is 10.2 Å². The fourth-order valence-electron chi connectivity index (χ4n) is 2.08. The quantitative estimate of drug-likeness (QED) is 0.692. The highest BCUT2D eigenvalue weighted by atomic mass is 127. The van der Waals surface area contributed by atoms with Gasteiger partial charge in [-0.15, -0.1) is 10.2 Å². The van der Waals surface area contributed by atoms with Gasteiger partial charge in [0.1, 0.15) is 6.04 Å². The lowest BCUT2D eigenvalue weighted by molar-refractivity contribution is 0.484. The summed E-state index contributed by atoms with van der Waals surface area (Å²) in [6.07, 6.45) is 0. The topological polar surface area (TPSA) is 64.9 Å². The lowest BCUT2D eigenvalue weighted by Gasteiger charge is -2.06. The van der Waals surface area contributed by atoms with Crippen LogP contribution in [0.1, 0.15) is 23.1 Å². The zero-order valence-corrected chi connectivity index (χ0v) is 13.6. The second-order valence-corrected chi connectivity index (χ2v) is 5.85. The van der Waals surface area contributed by atoms with Crippen LogP contribution in [0.3, 0.4) is 0 Å². The largest absolute Gasteiger partial charge is 0.419 e. The first-order valence-corrected chi connectivity index (χ1v) is 7.64. The second kappa shape index (κ2) is 5.95. The van der Waals surface area contributed by atoms with Crippen molar-refractivity contribution in [3.05, 3.63) is 69.1 Å². The van der Waals surface area contributed by atoms with E-state index in [1.807, 2.05) is 42.5 Å². The van der Waals surface area contributed by atoms with E-state index in [1.165, 1.54) is 5.56 Å². The molecule has 0 aliphatic rings. The maximum absolute atomic E-state index is 6.18. The molecule has 5 heteroatoms. The minimum Gasteiger partial charge on any atom is -0.419 e. The highest BCUT2D eigenvalue weighted by molar-refractivity contribution is 14.1. The Kier molecular flexibility index (Phi) is 4.03. The van der Waals surface area contributed by atoms with E-state index in [0.717, 1.165) is 14.7 Å². The van der Waals surface area contributed by atoms with Crippen molar-refractivity contribution in [2.24, 2.45) is 5.73 Å². The summed E-state index contributed by atoms with van der Waals surface area (Å²) in [6, 6.07) is 15.3. The Morgan fingerprint density at radius 1 is 1.05 bits per heavy atom. The first kappa shape index (κ1) is 14.2. The minimum absolute atomic E-state index is 0.407. The number of hydrogen-bond donors (Lipinski definition) is 1. The normalized spacial score (nSPS) is 12.3. The number of nitrogens with zero attached hydrogens (tertiary/aromatic N) is 2. The van der Waals surface area contributed by atoms with Gasteiger partial charge in [-0.05, 0) is 46.7 Å². The smallest absolute Gasteiger partial charge is 0.248 e. The lowest BCUT2D eigenvalue weighted by atomic mass is 10.1. The molecule has 0 amide bonds. The van der Waals surface area contributed by atoms with E-state index in [0.29, 0.717) is 11.8 Å². The first-order valence-electron chi connectivity index (χ1n) is 6.56. The molecule has 2 N–H and O–H groups in total. The molecule has 1 heterocycles. The third-order valence-corrected chi connectivity index (χ3v) is 4.72. The van der Waals surface area contributed by atoms with Crippen molar-refractivity contribution in [3.63, 3.8) is 0 Å². The van der Waals surface area contributed by atoms with Crippen LogP contribution < -0.4 is 5.73 Å². The maximum atomic E-state index is 6.18. The molecule has 4 nitrogen and oxygen atoms in total. The molecule has 0 aliphatic carbocycles. The predicted octanol–water partition coefficient (Wildman–Crippen LogP) is 3.70. The molecule has 1 atom stereocenters. The van der Waals surface area contributed by atoms with E-state index in [2.05, 4.69) is 45.8 Å². The van der Waals surface area contributed by atoms with Crippen molar-refractivity contribution in [2.45, 2.75) is 13.0 Å². The maximum Gasteiger partial charge on any atom is 0.248 e. The molecule has 3 aromatic rings. The number of aromatic nitrogens is 2. The Morgan fingerprint density at radius 2 is 1.81 bits per heavy atom. The van der Waals surface area contributed by atoms with Gasteiger partial charge in [0.25, 0.3) is 0 Å². The summed E-state index contributed by atoms with van der Waals surface area (Å²) in [4.78, 5) is 0. The fourth-order valence-corrected chi connectivity index (χ4v) is 2.67. The molecule has 0 aliphatic heterocycles. The molecule has 0 spiro atoms. The zero-order valence-electron chi connectivity index (χ0n) is 11.5. The third-order valence-electron chi connectivity index (χ3n) is 3.29. The van der Waals surface area contributed by atoms with Gasteiger partial charge in [-0.1, -0.05) is 42.5 Å². The Labute approximate surface area is 136 Å². The van der Waals surface area contributed by atoms with E-state index in [9.17, 15) is 0 Å². The Bertz CT molecular complexity index is 755. The van der Waals surface area contributed by atoms with Crippen molar-refractivity contribution >= 4 is 22.6 Å². The Balaban J connectivity index is 1.95. The summed E-state index contributed by atoms with van der Waals surface area (Å²) < 4.78 is 6.88. The molecule has 0 fully saturated rings. The lowest BCUT2D eigenvalue weighted by Crippen LogP contribution is -2.11. The van der Waals surface area contributed by atoms with Crippen LogP contribution in [0, 0.1) is 10.5 Å². The number of halogens is 1. The van der Waals surface area contributed by atoms with Gasteiger partial charge < -0.3 is 10.2 Å². The Morgan fingerprint density at radius 3 is 2.57 bits per heavy atom. The summed E-state index contributed by atoms with van der Waals surface area (Å²) in [7, 11) is 0. The van der Waals surface area contributed by atoms with Crippen LogP contribution in [0.4, 0.5) is 0 Å². The van der Waals surface area contributed by atoms with Gasteiger partial charge in [0.15, 0.2) is 0 Å². The zero-order chi connectivity index (χ0) is 14.8. The highest BCUT2D eigenvalue weighted by Gasteiger charge is 2.18. The van der Waals surface area contributed by atoms with E-state index < -0.39 is 6.04 Å². The van der Waals surface area contributed by atoms with Gasteiger partial charge in [0.2, 0.25) is 11.8 Å². The summed E-state index contributed by atoms with van der Waals surface area (Å²) in [5, 5.41) is 8.23. The van der Waals surface area contributed by atoms with Gasteiger partial charge in [-0.2, -0.15) is 0 Å². The predicted molar refractivity (Wildman–Crippen MR) is 89.7 cm³/mol. The molecular weight excluding hydrogens is 377 g/mol. The van der Waals surface area contributed by atoms with E-state index >= 15 is 0 Å². The molecule has 0 bridgehead atoms. The summed E-state index contributed by atoms with van der Waals surface area (Å²) in [5.41, 5.74) is 9.25. The van der Waals surface area contributed by atoms with Crippen LogP contribution in [0.2, 0.25) is 0 Å². The third kappa shape index (κ3) is 2.84.